The monoisotopic (exact) mass is 253 g/mol. The Labute approximate surface area is 114 Å². The van der Waals surface area contributed by atoms with E-state index in [1.165, 1.54) is 16.3 Å². The standard InChI is InChI=1S/C17H19NO/c1-4-12-18(14(3)19)13(2)16-11-7-9-15-8-5-6-10-17(15)16/h4-11,13H,1,12H2,2-3H3/t13-/m0/s1. The third-order valence-corrected chi connectivity index (χ3v) is 3.47. The van der Waals surface area contributed by atoms with Crippen LogP contribution in [0.3, 0.4) is 0 Å². The minimum absolute atomic E-state index is 0.0431. The van der Waals surface area contributed by atoms with Gasteiger partial charge in [0, 0.05) is 13.5 Å². The molecule has 2 aromatic rings. The van der Waals surface area contributed by atoms with Gasteiger partial charge in [0.05, 0.1) is 6.04 Å². The van der Waals surface area contributed by atoms with E-state index in [1.54, 1.807) is 13.0 Å². The first-order valence-corrected chi connectivity index (χ1v) is 6.51. The molecule has 2 heteroatoms. The first-order chi connectivity index (χ1) is 9.15. The first kappa shape index (κ1) is 13.3. The average molecular weight is 253 g/mol. The Morgan fingerprint density at radius 2 is 1.95 bits per heavy atom. The lowest BCUT2D eigenvalue weighted by Crippen LogP contribution is -2.31. The second-order valence-electron chi connectivity index (χ2n) is 4.70. The Hall–Kier alpha value is -2.09. The molecule has 19 heavy (non-hydrogen) atoms. The molecule has 0 spiro atoms. The molecule has 1 amide bonds. The highest BCUT2D eigenvalue weighted by Crippen LogP contribution is 2.28. The summed E-state index contributed by atoms with van der Waals surface area (Å²) in [7, 11) is 0. The van der Waals surface area contributed by atoms with Crippen molar-refractivity contribution in [2.75, 3.05) is 6.54 Å². The maximum Gasteiger partial charge on any atom is 0.220 e. The van der Waals surface area contributed by atoms with Crippen molar-refractivity contribution in [3.05, 3.63) is 60.7 Å². The van der Waals surface area contributed by atoms with Crippen LogP contribution >= 0.6 is 0 Å². The van der Waals surface area contributed by atoms with Crippen molar-refractivity contribution >= 4 is 16.7 Å². The smallest absolute Gasteiger partial charge is 0.220 e. The molecule has 2 aromatic carbocycles. The van der Waals surface area contributed by atoms with Crippen LogP contribution in [0, 0.1) is 0 Å². The molecule has 0 bridgehead atoms. The Morgan fingerprint density at radius 1 is 1.26 bits per heavy atom. The van der Waals surface area contributed by atoms with E-state index in [0.29, 0.717) is 6.54 Å². The zero-order valence-electron chi connectivity index (χ0n) is 11.5. The molecule has 2 nitrogen and oxygen atoms in total. The topological polar surface area (TPSA) is 20.3 Å². The van der Waals surface area contributed by atoms with Crippen molar-refractivity contribution < 1.29 is 4.79 Å². The minimum atomic E-state index is 0.0431. The van der Waals surface area contributed by atoms with Gasteiger partial charge in [-0.1, -0.05) is 48.5 Å². The van der Waals surface area contributed by atoms with E-state index in [-0.39, 0.29) is 11.9 Å². The molecule has 0 aliphatic heterocycles. The largest absolute Gasteiger partial charge is 0.332 e. The van der Waals surface area contributed by atoms with Crippen LogP contribution in [0.25, 0.3) is 10.8 Å². The van der Waals surface area contributed by atoms with E-state index >= 15 is 0 Å². The number of carbonyl (C=O) groups excluding carboxylic acids is 1. The molecule has 0 fully saturated rings. The normalized spacial score (nSPS) is 12.1. The molecule has 0 aliphatic carbocycles. The molecular weight excluding hydrogens is 234 g/mol. The number of amides is 1. The van der Waals surface area contributed by atoms with Crippen molar-refractivity contribution in [1.82, 2.24) is 4.90 Å². The van der Waals surface area contributed by atoms with E-state index < -0.39 is 0 Å². The molecule has 1 atom stereocenters. The lowest BCUT2D eigenvalue weighted by Gasteiger charge is -2.28. The lowest BCUT2D eigenvalue weighted by atomic mass is 9.98. The number of hydrogen-bond acceptors (Lipinski definition) is 1. The highest BCUT2D eigenvalue weighted by atomic mass is 16.2. The number of benzene rings is 2. The van der Waals surface area contributed by atoms with Crippen molar-refractivity contribution in [2.24, 2.45) is 0 Å². The third kappa shape index (κ3) is 2.68. The maximum atomic E-state index is 11.8. The summed E-state index contributed by atoms with van der Waals surface area (Å²) in [5, 5.41) is 2.40. The van der Waals surface area contributed by atoms with Crippen molar-refractivity contribution in [3.8, 4) is 0 Å². The minimum Gasteiger partial charge on any atom is -0.332 e. The number of carbonyl (C=O) groups is 1. The molecule has 0 unspecified atom stereocenters. The fourth-order valence-electron chi connectivity index (χ4n) is 2.48. The van der Waals surface area contributed by atoms with Gasteiger partial charge in [-0.15, -0.1) is 6.58 Å². The van der Waals surface area contributed by atoms with Crippen LogP contribution in [0.5, 0.6) is 0 Å². The molecule has 0 aliphatic rings. The van der Waals surface area contributed by atoms with Crippen LogP contribution in [0.15, 0.2) is 55.1 Å². The van der Waals surface area contributed by atoms with Crippen LogP contribution in [-0.4, -0.2) is 17.4 Å². The first-order valence-electron chi connectivity index (χ1n) is 6.51. The summed E-state index contributed by atoms with van der Waals surface area (Å²) in [5.74, 6) is 0.0698. The van der Waals surface area contributed by atoms with Crippen LogP contribution < -0.4 is 0 Å². The van der Waals surface area contributed by atoms with Gasteiger partial charge in [-0.3, -0.25) is 4.79 Å². The van der Waals surface area contributed by atoms with Gasteiger partial charge < -0.3 is 4.90 Å². The maximum absolute atomic E-state index is 11.8. The highest BCUT2D eigenvalue weighted by Gasteiger charge is 2.18. The molecule has 0 N–H and O–H groups in total. The Balaban J connectivity index is 2.48. The number of nitrogens with zero attached hydrogens (tertiary/aromatic N) is 1. The van der Waals surface area contributed by atoms with E-state index in [0.717, 1.165) is 0 Å². The number of hydrogen-bond donors (Lipinski definition) is 0. The van der Waals surface area contributed by atoms with Crippen LogP contribution in [0.4, 0.5) is 0 Å². The Bertz CT molecular complexity index is 598. The summed E-state index contributed by atoms with van der Waals surface area (Å²) in [6, 6.07) is 14.5. The predicted octanol–water partition coefficient (Wildman–Crippen LogP) is 3.94. The molecule has 0 saturated carbocycles. The van der Waals surface area contributed by atoms with E-state index in [4.69, 9.17) is 0 Å². The summed E-state index contributed by atoms with van der Waals surface area (Å²) in [6.07, 6.45) is 1.77. The molecule has 0 radical (unpaired) electrons. The highest BCUT2D eigenvalue weighted by molar-refractivity contribution is 5.86. The number of rotatable bonds is 4. The van der Waals surface area contributed by atoms with Gasteiger partial charge in [0.15, 0.2) is 0 Å². The fraction of sp³-hybridized carbons (Fsp3) is 0.235. The van der Waals surface area contributed by atoms with Gasteiger partial charge in [-0.2, -0.15) is 0 Å². The molecule has 0 aromatic heterocycles. The van der Waals surface area contributed by atoms with Crippen molar-refractivity contribution in [2.45, 2.75) is 19.9 Å². The van der Waals surface area contributed by atoms with Crippen LogP contribution in [-0.2, 0) is 4.79 Å². The molecular formula is C17H19NO. The van der Waals surface area contributed by atoms with Crippen LogP contribution in [0.1, 0.15) is 25.5 Å². The van der Waals surface area contributed by atoms with Gasteiger partial charge in [0.1, 0.15) is 0 Å². The van der Waals surface area contributed by atoms with Crippen LogP contribution in [0.2, 0.25) is 0 Å². The van der Waals surface area contributed by atoms with Gasteiger partial charge in [0.2, 0.25) is 5.91 Å². The third-order valence-electron chi connectivity index (χ3n) is 3.47. The summed E-state index contributed by atoms with van der Waals surface area (Å²) in [6.45, 7) is 7.96. The number of fused-ring (bicyclic) bond motifs is 1. The van der Waals surface area contributed by atoms with E-state index in [2.05, 4.69) is 37.8 Å². The Kier molecular flexibility index (Phi) is 4.00. The Morgan fingerprint density at radius 3 is 2.63 bits per heavy atom. The quantitative estimate of drug-likeness (QED) is 0.756. The predicted molar refractivity (Wildman–Crippen MR) is 79.9 cm³/mol. The van der Waals surface area contributed by atoms with Crippen molar-refractivity contribution in [3.63, 3.8) is 0 Å². The summed E-state index contributed by atoms with van der Waals surface area (Å²) in [4.78, 5) is 13.6. The van der Waals surface area contributed by atoms with Gasteiger partial charge in [0.25, 0.3) is 0 Å². The second-order valence-corrected chi connectivity index (χ2v) is 4.70. The SMILES string of the molecule is C=CCN(C(C)=O)[C@@H](C)c1cccc2ccccc12. The zero-order chi connectivity index (χ0) is 13.8. The van der Waals surface area contributed by atoms with Gasteiger partial charge >= 0.3 is 0 Å². The van der Waals surface area contributed by atoms with Crippen molar-refractivity contribution in [1.29, 1.82) is 0 Å². The summed E-state index contributed by atoms with van der Waals surface area (Å²) < 4.78 is 0. The van der Waals surface area contributed by atoms with E-state index in [9.17, 15) is 4.79 Å². The van der Waals surface area contributed by atoms with Gasteiger partial charge in [-0.05, 0) is 23.3 Å². The van der Waals surface area contributed by atoms with Gasteiger partial charge in [-0.25, -0.2) is 0 Å². The zero-order valence-corrected chi connectivity index (χ0v) is 11.5. The molecule has 98 valence electrons. The second kappa shape index (κ2) is 5.70. The molecule has 2 rings (SSSR count). The molecule has 0 saturated heterocycles. The lowest BCUT2D eigenvalue weighted by molar-refractivity contribution is -0.130. The fourth-order valence-corrected chi connectivity index (χ4v) is 2.48. The average Bonchev–Trinajstić information content (AvgIpc) is 2.43. The summed E-state index contributed by atoms with van der Waals surface area (Å²) >= 11 is 0. The summed E-state index contributed by atoms with van der Waals surface area (Å²) in [5.41, 5.74) is 1.18. The van der Waals surface area contributed by atoms with E-state index in [1.807, 2.05) is 23.1 Å². The molecule has 0 heterocycles.